The zero-order valence-electron chi connectivity index (χ0n) is 8.80. The van der Waals surface area contributed by atoms with Crippen molar-refractivity contribution in [2.45, 2.75) is 25.6 Å². The van der Waals surface area contributed by atoms with Gasteiger partial charge in [0.1, 0.15) is 0 Å². The summed E-state index contributed by atoms with van der Waals surface area (Å²) >= 11 is 0. The van der Waals surface area contributed by atoms with Crippen LogP contribution in [0.5, 0.6) is 0 Å². The van der Waals surface area contributed by atoms with Crippen molar-refractivity contribution in [2.75, 3.05) is 13.2 Å². The van der Waals surface area contributed by atoms with Crippen molar-refractivity contribution < 1.29 is 14.9 Å². The van der Waals surface area contributed by atoms with Gasteiger partial charge >= 0.3 is 0 Å². The van der Waals surface area contributed by atoms with E-state index in [2.05, 4.69) is 0 Å². The van der Waals surface area contributed by atoms with Crippen LogP contribution in [0.15, 0.2) is 30.3 Å². The lowest BCUT2D eigenvalue weighted by Crippen LogP contribution is -2.12. The van der Waals surface area contributed by atoms with Crippen molar-refractivity contribution in [2.24, 2.45) is 0 Å². The molecule has 0 aliphatic carbocycles. The molecule has 0 aliphatic heterocycles. The number of rotatable bonds is 7. The molecule has 0 amide bonds. The highest BCUT2D eigenvalue weighted by Gasteiger charge is 2.02. The summed E-state index contributed by atoms with van der Waals surface area (Å²) in [4.78, 5) is 0. The molecular weight excluding hydrogens is 192 g/mol. The zero-order valence-corrected chi connectivity index (χ0v) is 8.80. The number of hydrogen-bond donors (Lipinski definition) is 2. The van der Waals surface area contributed by atoms with Crippen molar-refractivity contribution in [3.63, 3.8) is 0 Å². The van der Waals surface area contributed by atoms with E-state index < -0.39 is 6.10 Å². The molecule has 0 spiro atoms. The average molecular weight is 210 g/mol. The van der Waals surface area contributed by atoms with Crippen molar-refractivity contribution in [3.8, 4) is 0 Å². The van der Waals surface area contributed by atoms with Crippen molar-refractivity contribution in [1.29, 1.82) is 0 Å². The normalized spacial score (nSPS) is 12.7. The number of aliphatic hydroxyl groups is 2. The lowest BCUT2D eigenvalue weighted by molar-refractivity contribution is 0.0618. The van der Waals surface area contributed by atoms with Gasteiger partial charge in [0.15, 0.2) is 0 Å². The Bertz CT molecular complexity index is 248. The molecule has 1 aromatic rings. The molecule has 1 rings (SSSR count). The van der Waals surface area contributed by atoms with Crippen LogP contribution in [0.25, 0.3) is 0 Å². The Morgan fingerprint density at radius 2 is 1.87 bits per heavy atom. The van der Waals surface area contributed by atoms with Gasteiger partial charge in [0.2, 0.25) is 0 Å². The first-order valence-electron chi connectivity index (χ1n) is 5.23. The largest absolute Gasteiger partial charge is 0.396 e. The fourth-order valence-electron chi connectivity index (χ4n) is 1.28. The summed E-state index contributed by atoms with van der Waals surface area (Å²) in [7, 11) is 0. The second kappa shape index (κ2) is 7.40. The molecule has 3 nitrogen and oxygen atoms in total. The van der Waals surface area contributed by atoms with E-state index in [0.29, 0.717) is 26.1 Å². The molecule has 0 aliphatic rings. The van der Waals surface area contributed by atoms with E-state index in [4.69, 9.17) is 9.84 Å². The van der Waals surface area contributed by atoms with Crippen LogP contribution in [0.1, 0.15) is 18.4 Å². The summed E-state index contributed by atoms with van der Waals surface area (Å²) in [5.74, 6) is 0. The maximum absolute atomic E-state index is 9.31. The Balaban J connectivity index is 2.07. The van der Waals surface area contributed by atoms with Crippen LogP contribution in [-0.4, -0.2) is 29.5 Å². The molecule has 1 atom stereocenters. The van der Waals surface area contributed by atoms with E-state index in [1.54, 1.807) is 0 Å². The Kier molecular flexibility index (Phi) is 6.00. The van der Waals surface area contributed by atoms with Crippen LogP contribution in [0.2, 0.25) is 0 Å². The first-order valence-corrected chi connectivity index (χ1v) is 5.23. The van der Waals surface area contributed by atoms with Gasteiger partial charge in [0.05, 0.1) is 12.7 Å². The maximum Gasteiger partial charge on any atom is 0.0716 e. The Morgan fingerprint density at radius 3 is 2.53 bits per heavy atom. The zero-order chi connectivity index (χ0) is 10.9. The number of ether oxygens (including phenoxy) is 1. The fourth-order valence-corrected chi connectivity index (χ4v) is 1.28. The number of benzene rings is 1. The molecular formula is C12H18O3. The summed E-state index contributed by atoms with van der Waals surface area (Å²) in [5.41, 5.74) is 1.13. The van der Waals surface area contributed by atoms with Crippen molar-refractivity contribution in [1.82, 2.24) is 0 Å². The van der Waals surface area contributed by atoms with Crippen molar-refractivity contribution >= 4 is 0 Å². The van der Waals surface area contributed by atoms with Gasteiger partial charge in [0, 0.05) is 13.2 Å². The molecule has 2 N–H and O–H groups in total. The first-order chi connectivity index (χ1) is 7.33. The summed E-state index contributed by atoms with van der Waals surface area (Å²) in [6.45, 7) is 1.13. The van der Waals surface area contributed by atoms with E-state index >= 15 is 0 Å². The third-order valence-corrected chi connectivity index (χ3v) is 2.17. The molecule has 15 heavy (non-hydrogen) atoms. The van der Waals surface area contributed by atoms with Gasteiger partial charge in [-0.1, -0.05) is 30.3 Å². The monoisotopic (exact) mass is 210 g/mol. The van der Waals surface area contributed by atoms with Gasteiger partial charge in [-0.15, -0.1) is 0 Å². The van der Waals surface area contributed by atoms with E-state index in [0.717, 1.165) is 5.56 Å². The maximum atomic E-state index is 9.31. The van der Waals surface area contributed by atoms with E-state index in [9.17, 15) is 5.11 Å². The predicted molar refractivity (Wildman–Crippen MR) is 58.4 cm³/mol. The molecule has 3 heteroatoms. The molecule has 0 saturated carbocycles. The van der Waals surface area contributed by atoms with Crippen LogP contribution in [-0.2, 0) is 11.3 Å². The smallest absolute Gasteiger partial charge is 0.0716 e. The predicted octanol–water partition coefficient (Wildman–Crippen LogP) is 1.34. The second-order valence-electron chi connectivity index (χ2n) is 3.49. The molecule has 84 valence electrons. The molecule has 0 aromatic heterocycles. The SMILES string of the molecule is OCCC(O)CCOCc1ccccc1. The molecule has 0 radical (unpaired) electrons. The Morgan fingerprint density at radius 1 is 1.13 bits per heavy atom. The lowest BCUT2D eigenvalue weighted by atomic mass is 10.2. The third kappa shape index (κ3) is 5.52. The first kappa shape index (κ1) is 12.2. The molecule has 0 bridgehead atoms. The molecule has 1 unspecified atom stereocenters. The summed E-state index contributed by atoms with van der Waals surface area (Å²) in [6.07, 6.45) is 0.549. The van der Waals surface area contributed by atoms with Crippen molar-refractivity contribution in [3.05, 3.63) is 35.9 Å². The molecule has 1 aromatic carbocycles. The van der Waals surface area contributed by atoms with E-state index in [1.807, 2.05) is 30.3 Å². The highest BCUT2D eigenvalue weighted by Crippen LogP contribution is 2.02. The van der Waals surface area contributed by atoms with Crippen LogP contribution in [0.4, 0.5) is 0 Å². The minimum Gasteiger partial charge on any atom is -0.396 e. The van der Waals surface area contributed by atoms with Crippen LogP contribution >= 0.6 is 0 Å². The molecule has 0 heterocycles. The number of hydrogen-bond acceptors (Lipinski definition) is 3. The van der Waals surface area contributed by atoms with E-state index in [1.165, 1.54) is 0 Å². The van der Waals surface area contributed by atoms with Crippen LogP contribution < -0.4 is 0 Å². The topological polar surface area (TPSA) is 49.7 Å². The quantitative estimate of drug-likeness (QED) is 0.668. The summed E-state index contributed by atoms with van der Waals surface area (Å²) in [6, 6.07) is 9.92. The summed E-state index contributed by atoms with van der Waals surface area (Å²) < 4.78 is 5.40. The van der Waals surface area contributed by atoms with E-state index in [-0.39, 0.29) is 6.61 Å². The van der Waals surface area contributed by atoms with Gasteiger partial charge in [-0.05, 0) is 18.4 Å². The average Bonchev–Trinajstić information content (AvgIpc) is 2.26. The molecule has 0 saturated heterocycles. The van der Waals surface area contributed by atoms with Gasteiger partial charge in [-0.25, -0.2) is 0 Å². The van der Waals surface area contributed by atoms with Gasteiger partial charge < -0.3 is 14.9 Å². The highest BCUT2D eigenvalue weighted by atomic mass is 16.5. The van der Waals surface area contributed by atoms with Gasteiger partial charge in [0.25, 0.3) is 0 Å². The Hall–Kier alpha value is -0.900. The second-order valence-corrected chi connectivity index (χ2v) is 3.49. The van der Waals surface area contributed by atoms with Gasteiger partial charge in [-0.3, -0.25) is 0 Å². The number of aliphatic hydroxyl groups excluding tert-OH is 2. The van der Waals surface area contributed by atoms with Crippen LogP contribution in [0.3, 0.4) is 0 Å². The minimum absolute atomic E-state index is 0.0276. The highest BCUT2D eigenvalue weighted by molar-refractivity contribution is 5.13. The molecule has 0 fully saturated rings. The lowest BCUT2D eigenvalue weighted by Gasteiger charge is -2.09. The Labute approximate surface area is 90.3 Å². The third-order valence-electron chi connectivity index (χ3n) is 2.17. The van der Waals surface area contributed by atoms with Gasteiger partial charge in [-0.2, -0.15) is 0 Å². The summed E-state index contributed by atoms with van der Waals surface area (Å²) in [5, 5.41) is 17.9. The fraction of sp³-hybridized carbons (Fsp3) is 0.500. The standard InChI is InChI=1S/C12H18O3/c13-8-6-12(14)7-9-15-10-11-4-2-1-3-5-11/h1-5,12-14H,6-10H2. The minimum atomic E-state index is -0.453. The van der Waals surface area contributed by atoms with Crippen LogP contribution in [0, 0.1) is 0 Å².